The molecule has 2 aromatic heterocycles. The molecule has 0 amide bonds. The van der Waals surface area contributed by atoms with Crippen LogP contribution in [0.5, 0.6) is 0 Å². The molecule has 0 aromatic carbocycles. The van der Waals surface area contributed by atoms with Gasteiger partial charge in [-0.2, -0.15) is 5.10 Å². The van der Waals surface area contributed by atoms with Gasteiger partial charge < -0.3 is 0 Å². The summed E-state index contributed by atoms with van der Waals surface area (Å²) in [5.74, 6) is 0. The zero-order valence-corrected chi connectivity index (χ0v) is 14.5. The predicted octanol–water partition coefficient (Wildman–Crippen LogP) is 2.78. The summed E-state index contributed by atoms with van der Waals surface area (Å²) >= 11 is 1.60. The standard InChI is InChI=1S/C16H23N5S/c1-16(2,3)14-12(8-18-20-14)10-21-6-5-13-11(9-21)7-17-15(19-13)22-4/h7-8H,5-6,9-10H2,1-4H3,(H,18,20). The molecule has 0 radical (unpaired) electrons. The summed E-state index contributed by atoms with van der Waals surface area (Å²) in [5, 5.41) is 8.28. The Balaban J connectivity index is 1.75. The maximum atomic E-state index is 4.63. The van der Waals surface area contributed by atoms with Crippen LogP contribution < -0.4 is 0 Å². The lowest BCUT2D eigenvalue weighted by Crippen LogP contribution is -2.31. The van der Waals surface area contributed by atoms with Crippen molar-refractivity contribution in [3.8, 4) is 0 Å². The van der Waals surface area contributed by atoms with Gasteiger partial charge in [-0.1, -0.05) is 32.5 Å². The number of aromatic amines is 1. The molecule has 3 rings (SSSR count). The maximum Gasteiger partial charge on any atom is 0.187 e. The fourth-order valence-electron chi connectivity index (χ4n) is 2.91. The van der Waals surface area contributed by atoms with Crippen molar-refractivity contribution in [3.05, 3.63) is 34.9 Å². The molecule has 3 heterocycles. The van der Waals surface area contributed by atoms with E-state index in [-0.39, 0.29) is 5.41 Å². The third kappa shape index (κ3) is 3.17. The quantitative estimate of drug-likeness (QED) is 0.697. The van der Waals surface area contributed by atoms with E-state index in [1.54, 1.807) is 11.8 Å². The highest BCUT2D eigenvalue weighted by Gasteiger charge is 2.23. The van der Waals surface area contributed by atoms with E-state index in [0.29, 0.717) is 0 Å². The Kier molecular flexibility index (Phi) is 4.23. The molecule has 0 bridgehead atoms. The largest absolute Gasteiger partial charge is 0.294 e. The number of rotatable bonds is 3. The number of aromatic nitrogens is 4. The lowest BCUT2D eigenvalue weighted by molar-refractivity contribution is 0.240. The van der Waals surface area contributed by atoms with Gasteiger partial charge in [0, 0.05) is 54.5 Å². The van der Waals surface area contributed by atoms with Gasteiger partial charge in [-0.05, 0) is 6.26 Å². The van der Waals surface area contributed by atoms with Crippen LogP contribution in [0.3, 0.4) is 0 Å². The Morgan fingerprint density at radius 3 is 2.86 bits per heavy atom. The number of hydrogen-bond donors (Lipinski definition) is 1. The number of nitrogens with zero attached hydrogens (tertiary/aromatic N) is 4. The van der Waals surface area contributed by atoms with Crippen LogP contribution in [0.25, 0.3) is 0 Å². The molecule has 5 nitrogen and oxygen atoms in total. The van der Waals surface area contributed by atoms with Crippen molar-refractivity contribution in [2.45, 2.75) is 50.9 Å². The van der Waals surface area contributed by atoms with Crippen LogP contribution in [0.2, 0.25) is 0 Å². The second-order valence-electron chi connectivity index (χ2n) is 6.81. The van der Waals surface area contributed by atoms with E-state index in [0.717, 1.165) is 31.2 Å². The minimum Gasteiger partial charge on any atom is -0.294 e. The number of nitrogens with one attached hydrogen (secondary N) is 1. The van der Waals surface area contributed by atoms with Crippen molar-refractivity contribution in [3.63, 3.8) is 0 Å². The third-order valence-corrected chi connectivity index (χ3v) is 4.60. The normalized spacial score (nSPS) is 15.8. The topological polar surface area (TPSA) is 57.7 Å². The van der Waals surface area contributed by atoms with E-state index >= 15 is 0 Å². The highest BCUT2D eigenvalue weighted by Crippen LogP contribution is 2.26. The van der Waals surface area contributed by atoms with Crippen molar-refractivity contribution >= 4 is 11.8 Å². The lowest BCUT2D eigenvalue weighted by atomic mass is 9.89. The highest BCUT2D eigenvalue weighted by atomic mass is 32.2. The summed E-state index contributed by atoms with van der Waals surface area (Å²) in [6.45, 7) is 9.52. The molecule has 0 unspecified atom stereocenters. The molecule has 1 aliphatic heterocycles. The van der Waals surface area contributed by atoms with Gasteiger partial charge in [0.15, 0.2) is 5.16 Å². The first-order valence-electron chi connectivity index (χ1n) is 7.61. The van der Waals surface area contributed by atoms with Crippen LogP contribution in [0, 0.1) is 0 Å². The zero-order chi connectivity index (χ0) is 15.7. The third-order valence-electron chi connectivity index (χ3n) is 4.04. The SMILES string of the molecule is CSc1ncc2c(n1)CCN(Cc1cn[nH]c1C(C)(C)C)C2. The average Bonchev–Trinajstić information content (AvgIpc) is 2.95. The van der Waals surface area contributed by atoms with Crippen LogP contribution in [0.1, 0.15) is 43.3 Å². The van der Waals surface area contributed by atoms with Crippen LogP contribution >= 0.6 is 11.8 Å². The van der Waals surface area contributed by atoms with Gasteiger partial charge in [0.05, 0.1) is 11.9 Å². The summed E-state index contributed by atoms with van der Waals surface area (Å²) in [6, 6.07) is 0. The Morgan fingerprint density at radius 2 is 2.14 bits per heavy atom. The Hall–Kier alpha value is -1.40. The van der Waals surface area contributed by atoms with Gasteiger partial charge in [0.2, 0.25) is 0 Å². The molecule has 1 aliphatic rings. The van der Waals surface area contributed by atoms with Gasteiger partial charge in [-0.15, -0.1) is 0 Å². The number of H-pyrrole nitrogens is 1. The number of thioether (sulfide) groups is 1. The van der Waals surface area contributed by atoms with Crippen LogP contribution in [-0.2, 0) is 24.9 Å². The van der Waals surface area contributed by atoms with Gasteiger partial charge in [-0.3, -0.25) is 10.00 Å². The summed E-state index contributed by atoms with van der Waals surface area (Å²) in [6.07, 6.45) is 6.96. The molecular weight excluding hydrogens is 294 g/mol. The molecule has 0 saturated carbocycles. The molecule has 0 atom stereocenters. The minimum atomic E-state index is 0.0931. The fourth-order valence-corrected chi connectivity index (χ4v) is 3.27. The lowest BCUT2D eigenvalue weighted by Gasteiger charge is -2.29. The number of fused-ring (bicyclic) bond motifs is 1. The van der Waals surface area contributed by atoms with Gasteiger partial charge in [-0.25, -0.2) is 9.97 Å². The van der Waals surface area contributed by atoms with Crippen LogP contribution in [-0.4, -0.2) is 37.9 Å². The summed E-state index contributed by atoms with van der Waals surface area (Å²) in [4.78, 5) is 11.5. The van der Waals surface area contributed by atoms with Crippen LogP contribution in [0.15, 0.2) is 17.6 Å². The van der Waals surface area contributed by atoms with E-state index in [4.69, 9.17) is 0 Å². The summed E-state index contributed by atoms with van der Waals surface area (Å²) in [7, 11) is 0. The monoisotopic (exact) mass is 317 g/mol. The van der Waals surface area contributed by atoms with E-state index in [2.05, 4.69) is 45.8 Å². The summed E-state index contributed by atoms with van der Waals surface area (Å²) in [5.41, 5.74) is 5.07. The second kappa shape index (κ2) is 6.01. The molecule has 0 saturated heterocycles. The van der Waals surface area contributed by atoms with Gasteiger partial charge in [0.25, 0.3) is 0 Å². The smallest absolute Gasteiger partial charge is 0.187 e. The Morgan fingerprint density at radius 1 is 1.32 bits per heavy atom. The zero-order valence-electron chi connectivity index (χ0n) is 13.7. The van der Waals surface area contributed by atoms with E-state index in [1.807, 2.05) is 18.6 Å². The van der Waals surface area contributed by atoms with Crippen molar-refractivity contribution < 1.29 is 0 Å². The van der Waals surface area contributed by atoms with Crippen LogP contribution in [0.4, 0.5) is 0 Å². The van der Waals surface area contributed by atoms with Gasteiger partial charge in [0.1, 0.15) is 0 Å². The van der Waals surface area contributed by atoms with Gasteiger partial charge >= 0.3 is 0 Å². The predicted molar refractivity (Wildman–Crippen MR) is 88.9 cm³/mol. The molecule has 0 spiro atoms. The Labute approximate surface area is 135 Å². The van der Waals surface area contributed by atoms with Crippen molar-refractivity contribution in [1.82, 2.24) is 25.1 Å². The first-order valence-corrected chi connectivity index (χ1v) is 8.83. The van der Waals surface area contributed by atoms with E-state index in [1.165, 1.54) is 22.5 Å². The van der Waals surface area contributed by atoms with E-state index < -0.39 is 0 Å². The maximum absolute atomic E-state index is 4.63. The first kappa shape index (κ1) is 15.5. The van der Waals surface area contributed by atoms with E-state index in [9.17, 15) is 0 Å². The molecule has 6 heteroatoms. The molecule has 1 N–H and O–H groups in total. The molecule has 2 aromatic rings. The molecule has 0 fully saturated rings. The number of hydrogen-bond acceptors (Lipinski definition) is 5. The fraction of sp³-hybridized carbons (Fsp3) is 0.562. The molecule has 118 valence electrons. The highest BCUT2D eigenvalue weighted by molar-refractivity contribution is 7.98. The first-order chi connectivity index (χ1) is 10.5. The Bertz CT molecular complexity index is 659. The summed E-state index contributed by atoms with van der Waals surface area (Å²) < 4.78 is 0. The molecule has 22 heavy (non-hydrogen) atoms. The molecule has 0 aliphatic carbocycles. The molecular formula is C16H23N5S. The van der Waals surface area contributed by atoms with Crippen molar-refractivity contribution in [1.29, 1.82) is 0 Å². The average molecular weight is 317 g/mol. The van der Waals surface area contributed by atoms with Crippen molar-refractivity contribution in [2.24, 2.45) is 0 Å². The van der Waals surface area contributed by atoms with Crippen molar-refractivity contribution in [2.75, 3.05) is 12.8 Å². The second-order valence-corrected chi connectivity index (χ2v) is 7.58. The minimum absolute atomic E-state index is 0.0931.